The molecule has 4 atom stereocenters. The monoisotopic (exact) mass is 392 g/mol. The largest absolute Gasteiger partial charge is 0.454 e. The maximum absolute atomic E-state index is 11.5. The average molecular weight is 393 g/mol. The van der Waals surface area contributed by atoms with Crippen molar-refractivity contribution in [3.63, 3.8) is 0 Å². The van der Waals surface area contributed by atoms with Crippen LogP contribution in [0.4, 0.5) is 0 Å². The fraction of sp³-hybridized carbons (Fsp3) is 0.440. The molecule has 2 fully saturated rings. The maximum atomic E-state index is 11.5. The summed E-state index contributed by atoms with van der Waals surface area (Å²) in [6.07, 6.45) is 9.79. The Kier molecular flexibility index (Phi) is 5.06. The second-order valence-corrected chi connectivity index (χ2v) is 8.72. The summed E-state index contributed by atoms with van der Waals surface area (Å²) in [6, 6.07) is 17.1. The van der Waals surface area contributed by atoms with Gasteiger partial charge in [-0.1, -0.05) is 49.2 Å². The number of hydrogen-bond acceptors (Lipinski definition) is 3. The number of piperidine rings is 1. The number of quaternary nitrogens is 1. The van der Waals surface area contributed by atoms with Crippen molar-refractivity contribution in [1.29, 1.82) is 0 Å². The Morgan fingerprint density at radius 2 is 1.90 bits per heavy atom. The van der Waals surface area contributed by atoms with Crippen LogP contribution in [0, 0.1) is 5.92 Å². The number of hydrogen-bond donors (Lipinski definition) is 2. The van der Waals surface area contributed by atoms with E-state index in [4.69, 9.17) is 9.47 Å². The van der Waals surface area contributed by atoms with Gasteiger partial charge in [0.2, 0.25) is 6.79 Å². The van der Waals surface area contributed by atoms with E-state index in [2.05, 4.69) is 48.6 Å². The minimum Gasteiger partial charge on any atom is -0.454 e. The smallest absolute Gasteiger partial charge is 0.231 e. The third-order valence-electron chi connectivity index (χ3n) is 7.03. The first-order valence-electron chi connectivity index (χ1n) is 10.9. The van der Waals surface area contributed by atoms with Crippen LogP contribution < -0.4 is 14.4 Å². The Labute approximate surface area is 172 Å². The van der Waals surface area contributed by atoms with Crippen LogP contribution in [-0.2, 0) is 0 Å². The molecular weight excluding hydrogens is 362 g/mol. The molecule has 2 N–H and O–H groups in total. The van der Waals surface area contributed by atoms with Crippen LogP contribution in [-0.4, -0.2) is 30.6 Å². The number of likely N-dealkylation sites (tertiary alicyclic amines) is 1. The zero-order chi connectivity index (χ0) is 19.7. The summed E-state index contributed by atoms with van der Waals surface area (Å²) in [5.74, 6) is 1.96. The lowest BCUT2D eigenvalue weighted by Gasteiger charge is -2.50. The van der Waals surface area contributed by atoms with Crippen molar-refractivity contribution in [2.75, 3.05) is 19.9 Å². The normalized spacial score (nSPS) is 31.0. The van der Waals surface area contributed by atoms with Crippen molar-refractivity contribution in [3.8, 4) is 11.5 Å². The lowest BCUT2D eigenvalue weighted by molar-refractivity contribution is -0.939. The van der Waals surface area contributed by atoms with Gasteiger partial charge in [0.25, 0.3) is 0 Å². The molecule has 2 heterocycles. The van der Waals surface area contributed by atoms with Crippen LogP contribution in [0.2, 0.25) is 0 Å². The van der Waals surface area contributed by atoms with Crippen molar-refractivity contribution in [1.82, 2.24) is 0 Å². The van der Waals surface area contributed by atoms with Gasteiger partial charge in [0.15, 0.2) is 11.5 Å². The van der Waals surface area contributed by atoms with Crippen molar-refractivity contribution in [2.24, 2.45) is 5.92 Å². The molecule has 152 valence electrons. The Hall–Kier alpha value is -2.30. The maximum Gasteiger partial charge on any atom is 0.231 e. The number of nitrogens with one attached hydrogen (secondary N) is 1. The SMILES string of the molecule is O[C@]12CCCC[C@H]1[C@H](c1ccc3c(c1)OCO3)[NH+](C/C=C/c1ccccc1)CC2. The molecule has 4 heteroatoms. The highest BCUT2D eigenvalue weighted by Gasteiger charge is 2.51. The molecule has 1 aliphatic carbocycles. The van der Waals surface area contributed by atoms with Gasteiger partial charge in [-0.3, -0.25) is 0 Å². The quantitative estimate of drug-likeness (QED) is 0.838. The number of fused-ring (bicyclic) bond motifs is 2. The van der Waals surface area contributed by atoms with Crippen LogP contribution in [0.5, 0.6) is 11.5 Å². The molecule has 0 amide bonds. The lowest BCUT2D eigenvalue weighted by atomic mass is 9.66. The molecule has 1 unspecified atom stereocenters. The Bertz CT molecular complexity index is 881. The molecule has 1 saturated carbocycles. The van der Waals surface area contributed by atoms with Gasteiger partial charge in [0.1, 0.15) is 6.04 Å². The van der Waals surface area contributed by atoms with Crippen molar-refractivity contribution in [3.05, 3.63) is 65.7 Å². The summed E-state index contributed by atoms with van der Waals surface area (Å²) in [6.45, 7) is 2.25. The van der Waals surface area contributed by atoms with Gasteiger partial charge in [0, 0.05) is 17.9 Å². The highest BCUT2D eigenvalue weighted by atomic mass is 16.7. The lowest BCUT2D eigenvalue weighted by Crippen LogP contribution is -3.14. The zero-order valence-electron chi connectivity index (χ0n) is 16.8. The molecule has 2 aromatic carbocycles. The minimum atomic E-state index is -0.522. The second kappa shape index (κ2) is 7.85. The summed E-state index contributed by atoms with van der Waals surface area (Å²) in [5, 5.41) is 11.5. The van der Waals surface area contributed by atoms with Gasteiger partial charge in [-0.25, -0.2) is 0 Å². The molecule has 3 aliphatic rings. The van der Waals surface area contributed by atoms with Crippen LogP contribution in [0.1, 0.15) is 49.3 Å². The Balaban J connectivity index is 1.43. The highest BCUT2D eigenvalue weighted by molar-refractivity contribution is 5.48. The van der Waals surface area contributed by atoms with E-state index in [-0.39, 0.29) is 6.04 Å². The molecule has 1 saturated heterocycles. The van der Waals surface area contributed by atoms with Crippen LogP contribution in [0.25, 0.3) is 6.08 Å². The van der Waals surface area contributed by atoms with Crippen LogP contribution >= 0.6 is 0 Å². The Morgan fingerprint density at radius 1 is 1.03 bits per heavy atom. The summed E-state index contributed by atoms with van der Waals surface area (Å²) in [7, 11) is 0. The fourth-order valence-electron chi connectivity index (χ4n) is 5.57. The third-order valence-corrected chi connectivity index (χ3v) is 7.03. The molecule has 0 bridgehead atoms. The molecule has 0 spiro atoms. The molecule has 0 aromatic heterocycles. The fourth-order valence-corrected chi connectivity index (χ4v) is 5.57. The number of rotatable bonds is 4. The van der Waals surface area contributed by atoms with E-state index in [1.165, 1.54) is 22.4 Å². The van der Waals surface area contributed by atoms with Crippen molar-refractivity contribution >= 4 is 6.08 Å². The average Bonchev–Trinajstić information content (AvgIpc) is 3.22. The van der Waals surface area contributed by atoms with E-state index < -0.39 is 5.60 Å². The number of aliphatic hydroxyl groups is 1. The van der Waals surface area contributed by atoms with Gasteiger partial charge in [-0.05, 0) is 42.7 Å². The number of ether oxygens (including phenoxy) is 2. The van der Waals surface area contributed by atoms with Gasteiger partial charge in [0.05, 0.1) is 18.7 Å². The van der Waals surface area contributed by atoms with Crippen molar-refractivity contribution in [2.45, 2.75) is 43.7 Å². The summed E-state index contributed by atoms with van der Waals surface area (Å²) in [4.78, 5) is 1.53. The molecular formula is C25H30NO3+. The van der Waals surface area contributed by atoms with Gasteiger partial charge in [-0.15, -0.1) is 0 Å². The van der Waals surface area contributed by atoms with E-state index in [1.54, 1.807) is 0 Å². The summed E-state index contributed by atoms with van der Waals surface area (Å²) in [5.41, 5.74) is 1.98. The van der Waals surface area contributed by atoms with Gasteiger partial charge in [-0.2, -0.15) is 0 Å². The van der Waals surface area contributed by atoms with Crippen molar-refractivity contribution < 1.29 is 19.5 Å². The topological polar surface area (TPSA) is 43.1 Å². The van der Waals surface area contributed by atoms with E-state index in [0.29, 0.717) is 12.7 Å². The first kappa shape index (κ1) is 18.7. The first-order valence-corrected chi connectivity index (χ1v) is 10.9. The first-order chi connectivity index (χ1) is 14.2. The molecule has 29 heavy (non-hydrogen) atoms. The van der Waals surface area contributed by atoms with Crippen LogP contribution in [0.3, 0.4) is 0 Å². The van der Waals surface area contributed by atoms with E-state index in [9.17, 15) is 5.11 Å². The van der Waals surface area contributed by atoms with E-state index in [1.807, 2.05) is 12.1 Å². The molecule has 2 aromatic rings. The second-order valence-electron chi connectivity index (χ2n) is 8.72. The highest BCUT2D eigenvalue weighted by Crippen LogP contribution is 2.45. The van der Waals surface area contributed by atoms with Crippen LogP contribution in [0.15, 0.2) is 54.6 Å². The molecule has 2 aliphatic heterocycles. The summed E-state index contributed by atoms with van der Waals surface area (Å²) < 4.78 is 11.2. The third kappa shape index (κ3) is 3.67. The minimum absolute atomic E-state index is 0.281. The zero-order valence-corrected chi connectivity index (χ0v) is 16.8. The molecule has 4 nitrogen and oxygen atoms in total. The standard InChI is InChI=1S/C25H29NO3/c27-25-13-5-4-10-21(25)24(20-11-12-22-23(17-20)29-18-28-22)26(16-14-25)15-6-9-19-7-2-1-3-8-19/h1-3,6-9,11-12,17,21,24,27H,4-5,10,13-16,18H2/p+1/b9-6+/t21-,24-,25-/m0/s1. The van der Waals surface area contributed by atoms with Gasteiger partial charge >= 0.3 is 0 Å². The molecule has 0 radical (unpaired) electrons. The predicted octanol–water partition coefficient (Wildman–Crippen LogP) is 3.38. The van der Waals surface area contributed by atoms with E-state index >= 15 is 0 Å². The molecule has 5 rings (SSSR count). The van der Waals surface area contributed by atoms with E-state index in [0.717, 1.165) is 50.3 Å². The Morgan fingerprint density at radius 3 is 2.79 bits per heavy atom. The van der Waals surface area contributed by atoms with Gasteiger partial charge < -0.3 is 19.5 Å². The predicted molar refractivity (Wildman–Crippen MR) is 113 cm³/mol. The number of benzene rings is 2. The summed E-state index contributed by atoms with van der Waals surface area (Å²) >= 11 is 0.